The quantitative estimate of drug-likeness (QED) is 0.161. The zero-order chi connectivity index (χ0) is 41.0. The molecule has 0 fully saturated rings. The second-order valence-corrected chi connectivity index (χ2v) is 15.9. The Morgan fingerprint density at radius 3 is 1.55 bits per heavy atom. The van der Waals surface area contributed by atoms with Crippen LogP contribution in [0, 0.1) is 0 Å². The van der Waals surface area contributed by atoms with Gasteiger partial charge < -0.3 is 9.30 Å². The van der Waals surface area contributed by atoms with Crippen molar-refractivity contribution in [1.29, 1.82) is 0 Å². The first kappa shape index (κ1) is 35.8. The highest BCUT2D eigenvalue weighted by atomic mass is 16.5. The third-order valence-electron chi connectivity index (χ3n) is 12.3. The van der Waals surface area contributed by atoms with E-state index in [-0.39, 0.29) is 12.0 Å². The minimum Gasteiger partial charge on any atom is -0.484 e. The number of benzene rings is 8. The van der Waals surface area contributed by atoms with Crippen molar-refractivity contribution in [3.63, 3.8) is 0 Å². The fourth-order valence-corrected chi connectivity index (χ4v) is 9.20. The highest BCUT2D eigenvalue weighted by Gasteiger charge is 2.40. The molecule has 1 aliphatic carbocycles. The molecule has 0 saturated heterocycles. The van der Waals surface area contributed by atoms with Gasteiger partial charge in [-0.1, -0.05) is 170 Å². The predicted molar refractivity (Wildman–Crippen MR) is 251 cm³/mol. The molecule has 0 spiro atoms. The zero-order valence-corrected chi connectivity index (χ0v) is 33.6. The topological polar surface area (TPSA) is 52.8 Å². The molecular formula is C57H38N4O. The van der Waals surface area contributed by atoms with E-state index < -0.39 is 0 Å². The molecule has 8 aromatic carbocycles. The molecule has 0 saturated carbocycles. The molecule has 12 rings (SSSR count). The van der Waals surface area contributed by atoms with Crippen LogP contribution in [0.4, 0.5) is 0 Å². The van der Waals surface area contributed by atoms with Crippen LogP contribution < -0.4 is 4.74 Å². The standard InChI is InChI=1S/C57H38N4O/c1-4-13-37(14-5-1)40-23-25-42(26-24-40)55-58-56(44-20-12-19-43(35-44)39-17-8-3-9-18-39)60-57(59-55)45-29-34-52-49(36-45)47-32-33-51-53(54(47)62-52)48-21-10-11-22-50(48)61(51)46-30-27-41(28-31-46)38-15-6-2-7-16-38/h1-36,47,54H. The molecular weight excluding hydrogens is 757 g/mol. The van der Waals surface area contributed by atoms with Gasteiger partial charge in [0.15, 0.2) is 17.5 Å². The molecule has 0 N–H and O–H groups in total. The summed E-state index contributed by atoms with van der Waals surface area (Å²) >= 11 is 0. The number of nitrogens with zero attached hydrogens (tertiary/aromatic N) is 4. The minimum atomic E-state index is -0.177. The molecule has 292 valence electrons. The first-order chi connectivity index (χ1) is 30.7. The van der Waals surface area contributed by atoms with Gasteiger partial charge >= 0.3 is 0 Å². The van der Waals surface area contributed by atoms with Crippen LogP contribution in [0.1, 0.15) is 28.8 Å². The second-order valence-electron chi connectivity index (χ2n) is 15.9. The lowest BCUT2D eigenvalue weighted by Gasteiger charge is -2.22. The average Bonchev–Trinajstić information content (AvgIpc) is 3.90. The summed E-state index contributed by atoms with van der Waals surface area (Å²) in [5.74, 6) is 2.76. The molecule has 2 unspecified atom stereocenters. The van der Waals surface area contributed by atoms with Gasteiger partial charge in [-0.2, -0.15) is 0 Å². The molecule has 1 aliphatic heterocycles. The van der Waals surface area contributed by atoms with Crippen LogP contribution in [0.25, 0.3) is 90.2 Å². The molecule has 62 heavy (non-hydrogen) atoms. The number of hydrogen-bond acceptors (Lipinski definition) is 4. The number of fused-ring (bicyclic) bond motifs is 7. The van der Waals surface area contributed by atoms with Gasteiger partial charge in [0.2, 0.25) is 0 Å². The summed E-state index contributed by atoms with van der Waals surface area (Å²) < 4.78 is 9.31. The van der Waals surface area contributed by atoms with Crippen LogP contribution >= 0.6 is 0 Å². The summed E-state index contributed by atoms with van der Waals surface area (Å²) in [6, 6.07) is 72.2. The number of aromatic nitrogens is 4. The third-order valence-corrected chi connectivity index (χ3v) is 12.3. The summed E-state index contributed by atoms with van der Waals surface area (Å²) in [5.41, 5.74) is 15.5. The highest BCUT2D eigenvalue weighted by molar-refractivity contribution is 5.92. The van der Waals surface area contributed by atoms with Crippen molar-refractivity contribution >= 4 is 17.0 Å². The maximum Gasteiger partial charge on any atom is 0.164 e. The lowest BCUT2D eigenvalue weighted by atomic mass is 9.85. The van der Waals surface area contributed by atoms with E-state index in [9.17, 15) is 0 Å². The molecule has 2 atom stereocenters. The van der Waals surface area contributed by atoms with Crippen molar-refractivity contribution in [3.05, 3.63) is 229 Å². The largest absolute Gasteiger partial charge is 0.484 e. The van der Waals surface area contributed by atoms with Crippen molar-refractivity contribution in [1.82, 2.24) is 19.5 Å². The smallest absolute Gasteiger partial charge is 0.164 e. The van der Waals surface area contributed by atoms with Crippen LogP contribution in [0.2, 0.25) is 0 Å². The first-order valence-electron chi connectivity index (χ1n) is 21.1. The van der Waals surface area contributed by atoms with E-state index in [4.69, 9.17) is 19.7 Å². The van der Waals surface area contributed by atoms with Gasteiger partial charge in [-0.15, -0.1) is 0 Å². The third kappa shape index (κ3) is 6.22. The monoisotopic (exact) mass is 794 g/mol. The van der Waals surface area contributed by atoms with Gasteiger partial charge in [0.1, 0.15) is 11.9 Å². The van der Waals surface area contributed by atoms with Crippen LogP contribution in [0.3, 0.4) is 0 Å². The maximum atomic E-state index is 6.93. The SMILES string of the molecule is C1=CC2c3cc(-c4nc(-c5ccc(-c6ccccc6)cc5)nc(-c5cccc(-c6ccccc6)c5)n4)ccc3OC2c2c1n(-c1ccc(-c3ccccc3)cc1)c1ccccc21. The van der Waals surface area contributed by atoms with Gasteiger partial charge in [-0.3, -0.25) is 0 Å². The minimum absolute atomic E-state index is 0.0195. The van der Waals surface area contributed by atoms with E-state index in [1.54, 1.807) is 0 Å². The molecule has 0 bridgehead atoms. The van der Waals surface area contributed by atoms with Gasteiger partial charge in [-0.25, -0.2) is 15.0 Å². The van der Waals surface area contributed by atoms with Crippen molar-refractivity contribution in [3.8, 4) is 79.0 Å². The Bertz CT molecular complexity index is 3300. The number of ether oxygens (including phenoxy) is 1. The van der Waals surface area contributed by atoms with Crippen LogP contribution in [0.5, 0.6) is 5.75 Å². The summed E-state index contributed by atoms with van der Waals surface area (Å²) in [6.45, 7) is 0. The molecule has 5 heteroatoms. The number of rotatable bonds is 7. The Balaban J connectivity index is 0.935. The van der Waals surface area contributed by atoms with Gasteiger partial charge in [0.05, 0.1) is 11.2 Å². The highest BCUT2D eigenvalue weighted by Crippen LogP contribution is 2.53. The van der Waals surface area contributed by atoms with Crippen LogP contribution in [-0.4, -0.2) is 19.5 Å². The Morgan fingerprint density at radius 2 is 0.887 bits per heavy atom. The summed E-state index contributed by atoms with van der Waals surface area (Å²) in [7, 11) is 0. The first-order valence-corrected chi connectivity index (χ1v) is 21.1. The van der Waals surface area contributed by atoms with E-state index in [1.165, 1.54) is 27.6 Å². The molecule has 0 amide bonds. The summed E-state index contributed by atoms with van der Waals surface area (Å²) in [4.78, 5) is 15.5. The van der Waals surface area contributed by atoms with Crippen LogP contribution in [0.15, 0.2) is 212 Å². The predicted octanol–water partition coefficient (Wildman–Crippen LogP) is 14.1. The van der Waals surface area contributed by atoms with Crippen molar-refractivity contribution < 1.29 is 4.74 Å². The van der Waals surface area contributed by atoms with Crippen molar-refractivity contribution in [2.75, 3.05) is 0 Å². The van der Waals surface area contributed by atoms with Crippen molar-refractivity contribution in [2.45, 2.75) is 12.0 Å². The second kappa shape index (κ2) is 14.8. The van der Waals surface area contributed by atoms with E-state index in [2.05, 4.69) is 211 Å². The molecule has 2 aliphatic rings. The average molecular weight is 795 g/mol. The normalized spacial score (nSPS) is 14.8. The molecule has 2 aromatic heterocycles. The summed E-state index contributed by atoms with van der Waals surface area (Å²) in [5, 5.41) is 1.20. The number of para-hydroxylation sites is 1. The van der Waals surface area contributed by atoms with E-state index >= 15 is 0 Å². The van der Waals surface area contributed by atoms with E-state index in [1.807, 2.05) is 12.1 Å². The number of hydrogen-bond donors (Lipinski definition) is 0. The zero-order valence-electron chi connectivity index (χ0n) is 33.6. The molecule has 10 aromatic rings. The van der Waals surface area contributed by atoms with Crippen LogP contribution in [-0.2, 0) is 0 Å². The maximum absolute atomic E-state index is 6.93. The fraction of sp³-hybridized carbons (Fsp3) is 0.0351. The lowest BCUT2D eigenvalue weighted by Crippen LogP contribution is -2.13. The fourth-order valence-electron chi connectivity index (χ4n) is 9.20. The summed E-state index contributed by atoms with van der Waals surface area (Å²) in [6.07, 6.45) is 4.41. The molecule has 3 heterocycles. The Morgan fingerprint density at radius 1 is 0.403 bits per heavy atom. The van der Waals surface area contributed by atoms with E-state index in [0.717, 1.165) is 61.6 Å². The van der Waals surface area contributed by atoms with Crippen molar-refractivity contribution in [2.24, 2.45) is 0 Å². The lowest BCUT2D eigenvalue weighted by molar-refractivity contribution is 0.224. The molecule has 0 radical (unpaired) electrons. The Hall–Kier alpha value is -8.15. The van der Waals surface area contributed by atoms with Gasteiger partial charge in [0, 0.05) is 44.8 Å². The molecule has 5 nitrogen and oxygen atoms in total. The van der Waals surface area contributed by atoms with E-state index in [0.29, 0.717) is 17.5 Å². The van der Waals surface area contributed by atoms with Gasteiger partial charge in [-0.05, 0) is 81.9 Å². The van der Waals surface area contributed by atoms with Gasteiger partial charge in [0.25, 0.3) is 0 Å². The Labute approximate surface area is 360 Å². The Kier molecular flexibility index (Phi) is 8.56.